The van der Waals surface area contributed by atoms with Crippen molar-refractivity contribution in [2.24, 2.45) is 0 Å². The molecule has 172 valence electrons. The van der Waals surface area contributed by atoms with Gasteiger partial charge in [-0.25, -0.2) is 14.8 Å². The van der Waals surface area contributed by atoms with Crippen molar-refractivity contribution in [1.29, 1.82) is 0 Å². The van der Waals surface area contributed by atoms with Gasteiger partial charge in [-0.2, -0.15) is 0 Å². The summed E-state index contributed by atoms with van der Waals surface area (Å²) in [4.78, 5) is 31.8. The van der Waals surface area contributed by atoms with Crippen LogP contribution in [0, 0.1) is 17.0 Å². The number of nitro groups is 1. The molecule has 0 atom stereocenters. The van der Waals surface area contributed by atoms with Gasteiger partial charge >= 0.3 is 5.97 Å². The number of ether oxygens (including phenoxy) is 2. The van der Waals surface area contributed by atoms with Crippen molar-refractivity contribution >= 4 is 45.7 Å². The number of carbonyl (C=O) groups excluding carboxylic acids is 1. The lowest BCUT2D eigenvalue weighted by atomic mass is 10.2. The number of aryl methyl sites for hydroxylation is 1. The zero-order valence-electron chi connectivity index (χ0n) is 18.2. The molecule has 0 aliphatic heterocycles. The molecule has 9 nitrogen and oxygen atoms in total. The third kappa shape index (κ3) is 5.05. The predicted molar refractivity (Wildman–Crippen MR) is 128 cm³/mol. The number of hydrogen-bond donors (Lipinski definition) is 1. The van der Waals surface area contributed by atoms with Crippen LogP contribution >= 0.6 is 11.6 Å². The van der Waals surface area contributed by atoms with Gasteiger partial charge in [0.25, 0.3) is 5.69 Å². The summed E-state index contributed by atoms with van der Waals surface area (Å²) in [6, 6.07) is 16.4. The standard InChI is InChI=1S/C24H19ClN4O5/c1-3-33-24(30)23-27-21-7-5-4-6-19(21)22(28-23)26-15-11-16(29(31)32)13-18(12-15)34-17-8-9-20(25)14(2)10-17/h4-13H,3H2,1-2H3,(H,26,27,28). The van der Waals surface area contributed by atoms with E-state index in [1.165, 1.54) is 12.1 Å². The minimum atomic E-state index is -0.669. The Balaban J connectivity index is 1.75. The molecule has 1 N–H and O–H groups in total. The van der Waals surface area contributed by atoms with E-state index < -0.39 is 10.9 Å². The number of nitrogens with zero attached hydrogens (tertiary/aromatic N) is 3. The van der Waals surface area contributed by atoms with Crippen LogP contribution in [-0.4, -0.2) is 27.5 Å². The fourth-order valence-electron chi connectivity index (χ4n) is 3.23. The fraction of sp³-hybridized carbons (Fsp3) is 0.125. The highest BCUT2D eigenvalue weighted by Gasteiger charge is 2.17. The average Bonchev–Trinajstić information content (AvgIpc) is 2.81. The van der Waals surface area contributed by atoms with Gasteiger partial charge in [0.1, 0.15) is 17.3 Å². The van der Waals surface area contributed by atoms with E-state index in [2.05, 4.69) is 15.3 Å². The third-order valence-corrected chi connectivity index (χ3v) is 5.22. The number of para-hydroxylation sites is 1. The lowest BCUT2D eigenvalue weighted by Gasteiger charge is -2.12. The van der Waals surface area contributed by atoms with Crippen LogP contribution in [0.1, 0.15) is 23.1 Å². The van der Waals surface area contributed by atoms with Crippen molar-refractivity contribution in [2.45, 2.75) is 13.8 Å². The van der Waals surface area contributed by atoms with Crippen molar-refractivity contribution < 1.29 is 19.2 Å². The molecular weight excluding hydrogens is 460 g/mol. The average molecular weight is 479 g/mol. The number of nitrogens with one attached hydrogen (secondary N) is 1. The maximum atomic E-state index is 12.3. The highest BCUT2D eigenvalue weighted by Crippen LogP contribution is 2.33. The third-order valence-electron chi connectivity index (χ3n) is 4.79. The molecule has 0 aliphatic carbocycles. The molecule has 0 radical (unpaired) electrons. The second-order valence-corrected chi connectivity index (χ2v) is 7.65. The van der Waals surface area contributed by atoms with E-state index in [-0.39, 0.29) is 23.9 Å². The summed E-state index contributed by atoms with van der Waals surface area (Å²) in [6.07, 6.45) is 0. The molecule has 0 unspecified atom stereocenters. The molecule has 4 rings (SSSR count). The Morgan fingerprint density at radius 3 is 2.62 bits per heavy atom. The number of benzene rings is 3. The zero-order chi connectivity index (χ0) is 24.2. The van der Waals surface area contributed by atoms with Crippen LogP contribution < -0.4 is 10.1 Å². The fourth-order valence-corrected chi connectivity index (χ4v) is 3.35. The number of non-ortho nitro benzene ring substituents is 1. The van der Waals surface area contributed by atoms with Gasteiger partial charge in [-0.1, -0.05) is 23.7 Å². The van der Waals surface area contributed by atoms with Crippen molar-refractivity contribution in [1.82, 2.24) is 9.97 Å². The Morgan fingerprint density at radius 2 is 1.88 bits per heavy atom. The number of fused-ring (bicyclic) bond motifs is 1. The van der Waals surface area contributed by atoms with Crippen molar-refractivity contribution in [3.63, 3.8) is 0 Å². The Labute approximate surface area is 199 Å². The van der Waals surface area contributed by atoms with Gasteiger partial charge in [-0.15, -0.1) is 0 Å². The second kappa shape index (κ2) is 9.72. The van der Waals surface area contributed by atoms with E-state index in [0.717, 1.165) is 5.56 Å². The Morgan fingerprint density at radius 1 is 1.09 bits per heavy atom. The maximum absolute atomic E-state index is 12.3. The first-order valence-electron chi connectivity index (χ1n) is 10.3. The molecule has 1 aromatic heterocycles. The van der Waals surface area contributed by atoms with Crippen molar-refractivity contribution in [2.75, 3.05) is 11.9 Å². The summed E-state index contributed by atoms with van der Waals surface area (Å²) < 4.78 is 10.9. The number of rotatable bonds is 7. The number of esters is 1. The largest absolute Gasteiger partial charge is 0.460 e. The Bertz CT molecular complexity index is 1410. The number of nitro benzene ring substituents is 1. The van der Waals surface area contributed by atoms with E-state index in [1.807, 2.05) is 6.92 Å². The van der Waals surface area contributed by atoms with E-state index in [9.17, 15) is 14.9 Å². The van der Waals surface area contributed by atoms with Crippen molar-refractivity contribution in [3.05, 3.63) is 87.2 Å². The number of hydrogen-bond acceptors (Lipinski definition) is 8. The second-order valence-electron chi connectivity index (χ2n) is 7.24. The smallest absolute Gasteiger partial charge is 0.376 e. The van der Waals surface area contributed by atoms with Gasteiger partial charge in [0.05, 0.1) is 28.8 Å². The highest BCUT2D eigenvalue weighted by molar-refractivity contribution is 6.31. The molecule has 10 heteroatoms. The summed E-state index contributed by atoms with van der Waals surface area (Å²) in [5, 5.41) is 15.8. The van der Waals surface area contributed by atoms with Gasteiger partial charge in [0.15, 0.2) is 0 Å². The molecule has 0 saturated carbocycles. The molecule has 0 amide bonds. The first kappa shape index (κ1) is 22.9. The van der Waals surface area contributed by atoms with Crippen LogP contribution in [0.5, 0.6) is 11.5 Å². The van der Waals surface area contributed by atoms with Crippen LogP contribution in [0.3, 0.4) is 0 Å². The summed E-state index contributed by atoms with van der Waals surface area (Å²) in [5.74, 6) is 0.217. The molecule has 1 heterocycles. The van der Waals surface area contributed by atoms with Crippen molar-refractivity contribution in [3.8, 4) is 11.5 Å². The van der Waals surface area contributed by atoms with Crippen LogP contribution in [0.2, 0.25) is 5.02 Å². The van der Waals surface area contributed by atoms with Gasteiger partial charge in [0.2, 0.25) is 5.82 Å². The lowest BCUT2D eigenvalue weighted by Crippen LogP contribution is -2.11. The summed E-state index contributed by atoms with van der Waals surface area (Å²) in [6.45, 7) is 3.69. The molecule has 0 bridgehead atoms. The molecule has 3 aromatic carbocycles. The molecular formula is C24H19ClN4O5. The van der Waals surface area contributed by atoms with Gasteiger partial charge in [-0.3, -0.25) is 10.1 Å². The van der Waals surface area contributed by atoms with E-state index in [1.54, 1.807) is 55.5 Å². The minimum absolute atomic E-state index is 0.124. The maximum Gasteiger partial charge on any atom is 0.376 e. The molecule has 0 spiro atoms. The molecule has 34 heavy (non-hydrogen) atoms. The lowest BCUT2D eigenvalue weighted by molar-refractivity contribution is -0.384. The van der Waals surface area contributed by atoms with Gasteiger partial charge in [-0.05, 0) is 49.7 Å². The van der Waals surface area contributed by atoms with E-state index >= 15 is 0 Å². The number of carbonyl (C=O) groups is 1. The summed E-state index contributed by atoms with van der Waals surface area (Å²) in [7, 11) is 0. The minimum Gasteiger partial charge on any atom is -0.460 e. The number of halogens is 1. The summed E-state index contributed by atoms with van der Waals surface area (Å²) >= 11 is 6.07. The molecule has 0 fully saturated rings. The van der Waals surface area contributed by atoms with Crippen LogP contribution in [0.25, 0.3) is 10.9 Å². The normalized spacial score (nSPS) is 10.7. The number of anilines is 2. The van der Waals surface area contributed by atoms with E-state index in [0.29, 0.717) is 33.2 Å². The first-order chi connectivity index (χ1) is 16.3. The zero-order valence-corrected chi connectivity index (χ0v) is 19.0. The topological polar surface area (TPSA) is 116 Å². The van der Waals surface area contributed by atoms with Crippen LogP contribution in [0.15, 0.2) is 60.7 Å². The Kier molecular flexibility index (Phi) is 6.55. The summed E-state index contributed by atoms with van der Waals surface area (Å²) in [5.41, 5.74) is 1.48. The molecule has 4 aromatic rings. The quantitative estimate of drug-likeness (QED) is 0.189. The van der Waals surface area contributed by atoms with Crippen LogP contribution in [-0.2, 0) is 4.74 Å². The van der Waals surface area contributed by atoms with Gasteiger partial charge in [0, 0.05) is 22.5 Å². The number of aromatic nitrogens is 2. The molecule has 0 saturated heterocycles. The Hall–Kier alpha value is -4.24. The predicted octanol–water partition coefficient (Wildman–Crippen LogP) is 6.21. The van der Waals surface area contributed by atoms with Crippen LogP contribution in [0.4, 0.5) is 17.2 Å². The first-order valence-corrected chi connectivity index (χ1v) is 10.7. The van der Waals surface area contributed by atoms with Gasteiger partial charge < -0.3 is 14.8 Å². The molecule has 0 aliphatic rings. The SMILES string of the molecule is CCOC(=O)c1nc(Nc2cc(Oc3ccc(Cl)c(C)c3)cc([N+](=O)[O-])c2)c2ccccc2n1. The monoisotopic (exact) mass is 478 g/mol. The highest BCUT2D eigenvalue weighted by atomic mass is 35.5. The van der Waals surface area contributed by atoms with E-state index in [4.69, 9.17) is 21.1 Å².